The summed E-state index contributed by atoms with van der Waals surface area (Å²) in [7, 11) is 0. The van der Waals surface area contributed by atoms with E-state index < -0.39 is 30.4 Å². The average molecular weight is 217 g/mol. The molecule has 14 heavy (non-hydrogen) atoms. The molecule has 0 aromatic carbocycles. The predicted octanol–water partition coefficient (Wildman–Crippen LogP) is -5.00. The summed E-state index contributed by atoms with van der Waals surface area (Å²) in [5.74, 6) is -2.01. The maximum Gasteiger partial charge on any atom is 2.00 e. The van der Waals surface area contributed by atoms with Crippen molar-refractivity contribution < 1.29 is 35.1 Å². The van der Waals surface area contributed by atoms with E-state index >= 15 is 0 Å². The Morgan fingerprint density at radius 2 is 1.57 bits per heavy atom. The van der Waals surface area contributed by atoms with Crippen LogP contribution in [0.15, 0.2) is 0 Å². The van der Waals surface area contributed by atoms with Gasteiger partial charge in [-0.15, -0.1) is 0 Å². The zero-order valence-electron chi connectivity index (χ0n) is 7.11. The summed E-state index contributed by atoms with van der Waals surface area (Å²) in [6, 6.07) is 0. The first-order chi connectivity index (χ1) is 5.91. The molecular formula is C6H9MgO7+. The average Bonchev–Trinajstić information content (AvgIpc) is 2.12. The first-order valence-corrected chi connectivity index (χ1v) is 3.30. The van der Waals surface area contributed by atoms with Gasteiger partial charge < -0.3 is 35.1 Å². The molecule has 0 bridgehead atoms. The molecule has 0 spiro atoms. The van der Waals surface area contributed by atoms with Crippen LogP contribution in [-0.2, 0) is 9.59 Å². The Bertz CT molecular complexity index is 197. The number of aliphatic hydroxyl groups is 4. The molecule has 4 N–H and O–H groups in total. The minimum absolute atomic E-state index is 0. The molecule has 0 aromatic heterocycles. The van der Waals surface area contributed by atoms with Crippen LogP contribution < -0.4 is 5.11 Å². The molecule has 0 heterocycles. The van der Waals surface area contributed by atoms with Crippen LogP contribution >= 0.6 is 0 Å². The van der Waals surface area contributed by atoms with Crippen LogP contribution in [0.5, 0.6) is 0 Å². The fourth-order valence-electron chi connectivity index (χ4n) is 0.609. The summed E-state index contributed by atoms with van der Waals surface area (Å²) in [5, 5.41) is 44.8. The normalized spacial score (nSPS) is 18.6. The monoisotopic (exact) mass is 217 g/mol. The van der Waals surface area contributed by atoms with E-state index in [1.165, 1.54) is 0 Å². The molecule has 0 aliphatic heterocycles. The fourth-order valence-corrected chi connectivity index (χ4v) is 0.609. The summed E-state index contributed by atoms with van der Waals surface area (Å²) in [4.78, 5) is 19.8. The summed E-state index contributed by atoms with van der Waals surface area (Å²) in [5.41, 5.74) is 0. The van der Waals surface area contributed by atoms with E-state index in [2.05, 4.69) is 0 Å². The van der Waals surface area contributed by atoms with Gasteiger partial charge in [0.1, 0.15) is 24.4 Å². The van der Waals surface area contributed by atoms with E-state index in [0.717, 1.165) is 0 Å². The van der Waals surface area contributed by atoms with Gasteiger partial charge in [0.15, 0.2) is 6.29 Å². The molecule has 0 aliphatic carbocycles. The van der Waals surface area contributed by atoms with Gasteiger partial charge in [-0.1, -0.05) is 0 Å². The van der Waals surface area contributed by atoms with Crippen LogP contribution in [0, 0.1) is 0 Å². The number of aliphatic carboxylic acids is 1. The first-order valence-electron chi connectivity index (χ1n) is 3.30. The smallest absolute Gasteiger partial charge is 0.547 e. The Morgan fingerprint density at radius 1 is 1.14 bits per heavy atom. The molecule has 4 atom stereocenters. The van der Waals surface area contributed by atoms with E-state index in [1.807, 2.05) is 0 Å². The quantitative estimate of drug-likeness (QED) is 0.267. The first kappa shape index (κ1) is 16.2. The number of carboxylic acids is 1. The number of rotatable bonds is 5. The van der Waals surface area contributed by atoms with Crippen LogP contribution in [0.2, 0.25) is 0 Å². The topological polar surface area (TPSA) is 138 Å². The molecule has 0 aromatic rings. The van der Waals surface area contributed by atoms with Crippen LogP contribution in [0.1, 0.15) is 0 Å². The van der Waals surface area contributed by atoms with Crippen molar-refractivity contribution in [1.29, 1.82) is 0 Å². The minimum Gasteiger partial charge on any atom is -0.547 e. The van der Waals surface area contributed by atoms with Crippen molar-refractivity contribution in [3.05, 3.63) is 0 Å². The molecule has 7 nitrogen and oxygen atoms in total. The van der Waals surface area contributed by atoms with Gasteiger partial charge in [0.05, 0.1) is 5.97 Å². The molecule has 76 valence electrons. The molecule has 0 aliphatic rings. The Balaban J connectivity index is 0. The number of carbonyl (C=O) groups excluding carboxylic acids is 2. The Hall–Kier alpha value is -0.254. The second-order valence-corrected chi connectivity index (χ2v) is 2.37. The number of aldehydes is 1. The van der Waals surface area contributed by atoms with E-state index in [9.17, 15) is 14.7 Å². The number of aliphatic hydroxyl groups excluding tert-OH is 4. The molecule has 8 heteroatoms. The van der Waals surface area contributed by atoms with Gasteiger partial charge in [-0.05, 0) is 0 Å². The third-order valence-electron chi connectivity index (χ3n) is 1.40. The largest absolute Gasteiger partial charge is 2.00 e. The van der Waals surface area contributed by atoms with E-state index in [4.69, 9.17) is 20.4 Å². The van der Waals surface area contributed by atoms with Crippen molar-refractivity contribution in [2.75, 3.05) is 0 Å². The van der Waals surface area contributed by atoms with E-state index in [1.54, 1.807) is 0 Å². The Morgan fingerprint density at radius 3 is 1.86 bits per heavy atom. The molecule has 0 saturated carbocycles. The molecule has 0 rings (SSSR count). The van der Waals surface area contributed by atoms with E-state index in [0.29, 0.717) is 0 Å². The zero-order chi connectivity index (χ0) is 10.6. The maximum atomic E-state index is 9.95. The summed E-state index contributed by atoms with van der Waals surface area (Å²) >= 11 is 0. The van der Waals surface area contributed by atoms with Crippen LogP contribution in [0.25, 0.3) is 0 Å². The zero-order valence-corrected chi connectivity index (χ0v) is 8.52. The van der Waals surface area contributed by atoms with Crippen molar-refractivity contribution in [2.45, 2.75) is 24.4 Å². The third kappa shape index (κ3) is 4.31. The van der Waals surface area contributed by atoms with Crippen molar-refractivity contribution in [3.63, 3.8) is 0 Å². The van der Waals surface area contributed by atoms with Crippen molar-refractivity contribution in [3.8, 4) is 0 Å². The molecule has 0 fully saturated rings. The fraction of sp³-hybridized carbons (Fsp3) is 0.667. The number of carboxylic acid groups (broad SMARTS) is 1. The standard InChI is InChI=1S/C6H10O7.Mg/c7-1-2(8)3(9)4(10)5(11)6(12)13;/h1-5,8-11H,(H,12,13);/q;+2/p-1/t2-,3+,4+,5-;/m0./s1. The predicted molar refractivity (Wildman–Crippen MR) is 40.9 cm³/mol. The SMILES string of the molecule is O=C[C@H](O)[C@@H](O)[C@@H](O)[C@H](O)C(=O)[O-].[Mg+2]. The molecule has 0 radical (unpaired) electrons. The van der Waals surface area contributed by atoms with Crippen molar-refractivity contribution in [1.82, 2.24) is 0 Å². The Labute approximate surface area is 95.1 Å². The van der Waals surface area contributed by atoms with Gasteiger partial charge in [0.25, 0.3) is 0 Å². The van der Waals surface area contributed by atoms with Gasteiger partial charge in [0, 0.05) is 0 Å². The summed E-state index contributed by atoms with van der Waals surface area (Å²) < 4.78 is 0. The number of hydrogen-bond donors (Lipinski definition) is 4. The second-order valence-electron chi connectivity index (χ2n) is 2.37. The van der Waals surface area contributed by atoms with E-state index in [-0.39, 0.29) is 29.3 Å². The number of hydrogen-bond acceptors (Lipinski definition) is 7. The minimum atomic E-state index is -2.36. The van der Waals surface area contributed by atoms with Gasteiger partial charge in [-0.25, -0.2) is 0 Å². The van der Waals surface area contributed by atoms with Crippen LogP contribution in [-0.4, -0.2) is 80.2 Å². The van der Waals surface area contributed by atoms with Crippen molar-refractivity contribution in [2.24, 2.45) is 0 Å². The molecule has 0 amide bonds. The van der Waals surface area contributed by atoms with Gasteiger partial charge >= 0.3 is 23.1 Å². The number of carbonyl (C=O) groups is 2. The second kappa shape index (κ2) is 7.09. The maximum absolute atomic E-state index is 9.95. The van der Waals surface area contributed by atoms with Gasteiger partial charge in [0.2, 0.25) is 0 Å². The summed E-state index contributed by atoms with van der Waals surface area (Å²) in [6.07, 6.45) is -8.65. The van der Waals surface area contributed by atoms with Gasteiger partial charge in [-0.3, -0.25) is 0 Å². The van der Waals surface area contributed by atoms with Gasteiger partial charge in [-0.2, -0.15) is 0 Å². The Kier molecular flexibility index (Phi) is 8.20. The van der Waals surface area contributed by atoms with Crippen molar-refractivity contribution >= 4 is 35.3 Å². The third-order valence-corrected chi connectivity index (χ3v) is 1.40. The molecule has 0 saturated heterocycles. The molecule has 0 unspecified atom stereocenters. The van der Waals surface area contributed by atoms with Crippen LogP contribution in [0.4, 0.5) is 0 Å². The van der Waals surface area contributed by atoms with Crippen LogP contribution in [0.3, 0.4) is 0 Å². The molecular weight excluding hydrogens is 208 g/mol. The summed E-state index contributed by atoms with van der Waals surface area (Å²) in [6.45, 7) is 0.